The number of carbonyl (C=O) groups excluding carboxylic acids is 1. The number of carboxylic acid groups (broad SMARTS) is 1. The van der Waals surface area contributed by atoms with Crippen molar-refractivity contribution in [1.29, 1.82) is 0 Å². The van der Waals surface area contributed by atoms with E-state index in [-0.39, 0.29) is 15.6 Å². The van der Waals surface area contributed by atoms with Gasteiger partial charge >= 0.3 is 5.97 Å². The van der Waals surface area contributed by atoms with Crippen molar-refractivity contribution < 1.29 is 34.0 Å². The van der Waals surface area contributed by atoms with Crippen molar-refractivity contribution in [2.45, 2.75) is 0 Å². The minimum atomic E-state index is -1.27. The fraction of sp³-hybridized carbons (Fsp3) is 0.150. The molecular formula is C20H17NO7S2. The molecule has 0 radical (unpaired) electrons. The third-order valence-corrected chi connectivity index (χ3v) is 5.55. The van der Waals surface area contributed by atoms with Crippen LogP contribution in [0.2, 0.25) is 0 Å². The number of carboxylic acids is 1. The number of rotatable bonds is 6. The average Bonchev–Trinajstić information content (AvgIpc) is 2.99. The second kappa shape index (κ2) is 8.64. The first-order valence-corrected chi connectivity index (χ1v) is 9.67. The van der Waals surface area contributed by atoms with Crippen LogP contribution in [0.5, 0.6) is 23.0 Å². The lowest BCUT2D eigenvalue weighted by Gasteiger charge is -2.15. The van der Waals surface area contributed by atoms with E-state index in [4.69, 9.17) is 31.5 Å². The van der Waals surface area contributed by atoms with Crippen molar-refractivity contribution in [1.82, 2.24) is 0 Å². The molecule has 1 amide bonds. The number of ether oxygens (including phenoxy) is 3. The van der Waals surface area contributed by atoms with Crippen molar-refractivity contribution in [2.24, 2.45) is 0 Å². The first-order valence-electron chi connectivity index (χ1n) is 8.45. The molecule has 30 heavy (non-hydrogen) atoms. The molecule has 0 aliphatic carbocycles. The zero-order valence-corrected chi connectivity index (χ0v) is 17.8. The van der Waals surface area contributed by atoms with E-state index < -0.39 is 17.6 Å². The summed E-state index contributed by atoms with van der Waals surface area (Å²) in [5, 5.41) is 19.0. The normalized spacial score (nSPS) is 14.9. The summed E-state index contributed by atoms with van der Waals surface area (Å²) >= 11 is 6.40. The Hall–Kier alpha value is -3.24. The highest BCUT2D eigenvalue weighted by Gasteiger charge is 2.34. The SMILES string of the molecule is COc1cc(/C=C2/SC(=S)N(c3ccc(C(=O)O)c(O)c3)C2=O)cc(OC)c1OC. The van der Waals surface area contributed by atoms with Gasteiger partial charge in [-0.25, -0.2) is 4.79 Å². The first-order chi connectivity index (χ1) is 14.3. The van der Waals surface area contributed by atoms with Crippen LogP contribution in [0.15, 0.2) is 35.2 Å². The van der Waals surface area contributed by atoms with E-state index in [0.717, 1.165) is 11.8 Å². The van der Waals surface area contributed by atoms with Crippen molar-refractivity contribution in [3.05, 3.63) is 46.4 Å². The van der Waals surface area contributed by atoms with Crippen LogP contribution in [0.1, 0.15) is 15.9 Å². The molecule has 2 aromatic carbocycles. The van der Waals surface area contributed by atoms with E-state index in [1.807, 2.05) is 0 Å². The quantitative estimate of drug-likeness (QED) is 0.508. The molecule has 0 saturated carbocycles. The van der Waals surface area contributed by atoms with Gasteiger partial charge in [0.15, 0.2) is 15.8 Å². The molecule has 0 atom stereocenters. The van der Waals surface area contributed by atoms with Gasteiger partial charge in [-0.15, -0.1) is 0 Å². The summed E-state index contributed by atoms with van der Waals surface area (Å²) in [7, 11) is 4.48. The number of phenols is 1. The van der Waals surface area contributed by atoms with Gasteiger partial charge in [-0.3, -0.25) is 9.69 Å². The number of methoxy groups -OCH3 is 3. The van der Waals surface area contributed by atoms with Crippen LogP contribution in [0.4, 0.5) is 5.69 Å². The van der Waals surface area contributed by atoms with E-state index in [2.05, 4.69) is 0 Å². The third kappa shape index (κ3) is 3.91. The predicted octanol–water partition coefficient (Wildman–Crippen LogP) is 3.52. The number of anilines is 1. The number of nitrogens with zero attached hydrogens (tertiary/aromatic N) is 1. The van der Waals surface area contributed by atoms with Crippen molar-refractivity contribution in [2.75, 3.05) is 26.2 Å². The van der Waals surface area contributed by atoms with Crippen LogP contribution in [-0.4, -0.2) is 47.7 Å². The average molecular weight is 447 g/mol. The van der Waals surface area contributed by atoms with E-state index in [1.165, 1.54) is 44.4 Å². The Morgan fingerprint density at radius 1 is 1.10 bits per heavy atom. The van der Waals surface area contributed by atoms with Gasteiger partial charge in [0.2, 0.25) is 5.75 Å². The van der Waals surface area contributed by atoms with Crippen LogP contribution < -0.4 is 19.1 Å². The summed E-state index contributed by atoms with van der Waals surface area (Å²) in [4.78, 5) is 25.6. The molecule has 1 aliphatic heterocycles. The second-order valence-electron chi connectivity index (χ2n) is 5.98. The molecule has 0 aromatic heterocycles. The number of thiocarbonyl (C=S) groups is 1. The molecule has 2 aromatic rings. The number of aromatic carboxylic acids is 1. The van der Waals surface area contributed by atoms with E-state index in [0.29, 0.717) is 27.7 Å². The van der Waals surface area contributed by atoms with Crippen molar-refractivity contribution in [3.63, 3.8) is 0 Å². The zero-order valence-electron chi connectivity index (χ0n) is 16.2. The van der Waals surface area contributed by atoms with Crippen LogP contribution in [0.25, 0.3) is 6.08 Å². The molecule has 10 heteroatoms. The Morgan fingerprint density at radius 3 is 2.23 bits per heavy atom. The van der Waals surface area contributed by atoms with Gasteiger partial charge in [0.25, 0.3) is 5.91 Å². The molecule has 0 bridgehead atoms. The van der Waals surface area contributed by atoms with Gasteiger partial charge in [-0.2, -0.15) is 0 Å². The summed E-state index contributed by atoms with van der Waals surface area (Å²) in [6.07, 6.45) is 1.63. The molecule has 3 rings (SSSR count). The molecule has 1 saturated heterocycles. The minimum absolute atomic E-state index is 0.251. The standard InChI is InChI=1S/C20H17NO7S2/c1-26-14-6-10(7-15(27-2)17(14)28-3)8-16-18(23)21(20(29)30-16)11-4-5-12(19(24)25)13(22)9-11/h4-9,22H,1-3H3,(H,24,25)/b16-8+. The molecule has 1 aliphatic rings. The fourth-order valence-corrected chi connectivity index (χ4v) is 4.17. The molecule has 0 unspecified atom stereocenters. The van der Waals surface area contributed by atoms with Crippen LogP contribution >= 0.6 is 24.0 Å². The van der Waals surface area contributed by atoms with Gasteiger partial charge < -0.3 is 24.4 Å². The second-order valence-corrected chi connectivity index (χ2v) is 7.66. The maximum atomic E-state index is 12.9. The van der Waals surface area contributed by atoms with Crippen molar-refractivity contribution >= 4 is 51.9 Å². The number of amides is 1. The predicted molar refractivity (Wildman–Crippen MR) is 117 cm³/mol. The summed E-state index contributed by atoms with van der Waals surface area (Å²) in [6, 6.07) is 7.21. The smallest absolute Gasteiger partial charge is 0.339 e. The Morgan fingerprint density at radius 2 is 1.73 bits per heavy atom. The number of aromatic hydroxyl groups is 1. The number of hydrogen-bond donors (Lipinski definition) is 2. The minimum Gasteiger partial charge on any atom is -0.507 e. The summed E-state index contributed by atoms with van der Waals surface area (Å²) < 4.78 is 16.2. The monoisotopic (exact) mass is 447 g/mol. The van der Waals surface area contributed by atoms with Crippen LogP contribution in [0.3, 0.4) is 0 Å². The Bertz CT molecular complexity index is 1060. The van der Waals surface area contributed by atoms with Gasteiger partial charge in [-0.1, -0.05) is 24.0 Å². The maximum absolute atomic E-state index is 12.9. The molecule has 1 fully saturated rings. The molecule has 0 spiro atoms. The lowest BCUT2D eigenvalue weighted by atomic mass is 10.1. The van der Waals surface area contributed by atoms with Crippen LogP contribution in [0, 0.1) is 0 Å². The molecule has 156 valence electrons. The summed E-state index contributed by atoms with van der Waals surface area (Å²) in [5.74, 6) is -0.824. The topological polar surface area (TPSA) is 106 Å². The fourth-order valence-electron chi connectivity index (χ4n) is 2.87. The number of thioether (sulfide) groups is 1. The lowest BCUT2D eigenvalue weighted by molar-refractivity contribution is -0.113. The lowest BCUT2D eigenvalue weighted by Crippen LogP contribution is -2.27. The number of benzene rings is 2. The number of carbonyl (C=O) groups is 2. The van der Waals surface area contributed by atoms with Gasteiger partial charge in [0.1, 0.15) is 11.3 Å². The highest BCUT2D eigenvalue weighted by Crippen LogP contribution is 2.41. The third-order valence-electron chi connectivity index (χ3n) is 4.25. The highest BCUT2D eigenvalue weighted by molar-refractivity contribution is 8.27. The molecular weight excluding hydrogens is 430 g/mol. The van der Waals surface area contributed by atoms with Crippen molar-refractivity contribution in [3.8, 4) is 23.0 Å². The Balaban J connectivity index is 1.98. The van der Waals surface area contributed by atoms with Gasteiger partial charge in [0, 0.05) is 6.07 Å². The van der Waals surface area contributed by atoms with E-state index >= 15 is 0 Å². The first kappa shape index (κ1) is 21.5. The number of hydrogen-bond acceptors (Lipinski definition) is 8. The molecule has 1 heterocycles. The van der Waals surface area contributed by atoms with E-state index in [9.17, 15) is 14.7 Å². The molecule has 8 nitrogen and oxygen atoms in total. The largest absolute Gasteiger partial charge is 0.507 e. The molecule has 2 N–H and O–H groups in total. The Kier molecular flexibility index (Phi) is 6.18. The zero-order chi connectivity index (χ0) is 22.0. The Labute approximate surface area is 181 Å². The van der Waals surface area contributed by atoms with Gasteiger partial charge in [0.05, 0.1) is 31.9 Å². The maximum Gasteiger partial charge on any atom is 0.339 e. The van der Waals surface area contributed by atoms with Crippen LogP contribution in [-0.2, 0) is 4.79 Å². The van der Waals surface area contributed by atoms with E-state index in [1.54, 1.807) is 18.2 Å². The van der Waals surface area contributed by atoms with Gasteiger partial charge in [-0.05, 0) is 35.9 Å². The summed E-state index contributed by atoms with van der Waals surface area (Å²) in [6.45, 7) is 0. The summed E-state index contributed by atoms with van der Waals surface area (Å²) in [5.41, 5.74) is 0.638. The highest BCUT2D eigenvalue weighted by atomic mass is 32.2.